The number of carbonyl (C=O) groups excluding carboxylic acids is 2. The van der Waals surface area contributed by atoms with E-state index < -0.39 is 0 Å². The summed E-state index contributed by atoms with van der Waals surface area (Å²) in [5.74, 6) is -0.158. The molecular weight excluding hydrogens is 206 g/mol. The molecule has 0 aromatic heterocycles. The van der Waals surface area contributed by atoms with Gasteiger partial charge in [0.1, 0.15) is 0 Å². The predicted octanol–water partition coefficient (Wildman–Crippen LogP) is 0.498. The van der Waals surface area contributed by atoms with Crippen LogP contribution in [-0.2, 0) is 9.59 Å². The monoisotopic (exact) mass is 227 g/mol. The minimum Gasteiger partial charge on any atom is -0.356 e. The first kappa shape index (κ1) is 14.8. The Balaban J connectivity index is 3.59. The molecule has 5 heteroatoms. The van der Waals surface area contributed by atoms with Gasteiger partial charge in [0, 0.05) is 13.0 Å². The van der Waals surface area contributed by atoms with Crippen LogP contribution in [0, 0.1) is 0 Å². The van der Waals surface area contributed by atoms with Crippen molar-refractivity contribution in [2.24, 2.45) is 4.99 Å². The number of amides is 2. The van der Waals surface area contributed by atoms with Crippen molar-refractivity contribution in [3.63, 3.8) is 0 Å². The lowest BCUT2D eigenvalue weighted by Crippen LogP contribution is -2.33. The van der Waals surface area contributed by atoms with E-state index in [0.29, 0.717) is 13.0 Å². The molecular formula is C11H21N3O2. The van der Waals surface area contributed by atoms with E-state index in [4.69, 9.17) is 0 Å². The number of hydrogen-bond donors (Lipinski definition) is 2. The first-order valence-corrected chi connectivity index (χ1v) is 5.60. The molecule has 0 radical (unpaired) electrons. The fourth-order valence-corrected chi connectivity index (χ4v) is 1.33. The second-order valence-electron chi connectivity index (χ2n) is 3.54. The molecule has 2 N–H and O–H groups in total. The van der Waals surface area contributed by atoms with Gasteiger partial charge in [0.25, 0.3) is 5.91 Å². The molecule has 0 aliphatic rings. The number of likely N-dealkylation sites (N-methyl/N-ethyl adjacent to an activating group) is 1. The molecule has 0 aliphatic heterocycles. The molecule has 1 unspecified atom stereocenters. The van der Waals surface area contributed by atoms with Crippen LogP contribution >= 0.6 is 0 Å². The number of nitrogens with one attached hydrogen (secondary N) is 2. The number of aliphatic imine (C=N–C) groups is 1. The second kappa shape index (κ2) is 9.03. The summed E-state index contributed by atoms with van der Waals surface area (Å²) in [6.07, 6.45) is 2.97. The van der Waals surface area contributed by atoms with Crippen molar-refractivity contribution in [1.29, 1.82) is 0 Å². The molecule has 5 nitrogen and oxygen atoms in total. The Morgan fingerprint density at radius 1 is 1.38 bits per heavy atom. The van der Waals surface area contributed by atoms with Gasteiger partial charge in [-0.2, -0.15) is 0 Å². The third-order valence-corrected chi connectivity index (χ3v) is 2.37. The molecule has 0 bridgehead atoms. The van der Waals surface area contributed by atoms with Crippen molar-refractivity contribution < 1.29 is 9.59 Å². The van der Waals surface area contributed by atoms with Crippen LogP contribution in [0.3, 0.4) is 0 Å². The maximum atomic E-state index is 11.2. The first-order valence-electron chi connectivity index (χ1n) is 5.60. The minimum absolute atomic E-state index is 0.0639. The van der Waals surface area contributed by atoms with Crippen LogP contribution in [0.1, 0.15) is 32.6 Å². The van der Waals surface area contributed by atoms with Gasteiger partial charge in [-0.15, -0.1) is 0 Å². The van der Waals surface area contributed by atoms with Crippen molar-refractivity contribution in [2.45, 2.75) is 38.6 Å². The highest BCUT2D eigenvalue weighted by Gasteiger charge is 2.13. The summed E-state index contributed by atoms with van der Waals surface area (Å²) in [6.45, 7) is 5.70. The highest BCUT2D eigenvalue weighted by molar-refractivity contribution is 5.85. The number of unbranched alkanes of at least 4 members (excludes halogenated alkanes) is 1. The molecule has 0 aliphatic carbocycles. The van der Waals surface area contributed by atoms with Crippen molar-refractivity contribution in [1.82, 2.24) is 10.6 Å². The lowest BCUT2D eigenvalue weighted by molar-refractivity contribution is -0.121. The summed E-state index contributed by atoms with van der Waals surface area (Å²) < 4.78 is 0. The number of nitrogens with zero attached hydrogens (tertiary/aromatic N) is 1. The van der Waals surface area contributed by atoms with Gasteiger partial charge in [0.15, 0.2) is 0 Å². The normalized spacial score (nSPS) is 11.9. The van der Waals surface area contributed by atoms with E-state index in [-0.39, 0.29) is 17.9 Å². The molecule has 1 atom stereocenters. The van der Waals surface area contributed by atoms with Crippen LogP contribution in [0.25, 0.3) is 0 Å². The van der Waals surface area contributed by atoms with E-state index in [1.54, 1.807) is 7.05 Å². The lowest BCUT2D eigenvalue weighted by Gasteiger charge is -2.11. The maximum Gasteiger partial charge on any atom is 0.262 e. The van der Waals surface area contributed by atoms with Crippen LogP contribution in [-0.4, -0.2) is 38.2 Å². The number of carbonyl (C=O) groups is 2. The van der Waals surface area contributed by atoms with Gasteiger partial charge in [-0.3, -0.25) is 9.59 Å². The largest absolute Gasteiger partial charge is 0.356 e. The molecule has 0 aromatic carbocycles. The zero-order valence-corrected chi connectivity index (χ0v) is 10.1. The van der Waals surface area contributed by atoms with Gasteiger partial charge in [0.2, 0.25) is 5.91 Å². The Labute approximate surface area is 96.7 Å². The highest BCUT2D eigenvalue weighted by atomic mass is 16.2. The molecule has 0 rings (SSSR count). The SMILES string of the molecule is C=NC(=O)C(CCCCNC(=O)CC)NC. The van der Waals surface area contributed by atoms with Crippen molar-refractivity contribution in [2.75, 3.05) is 13.6 Å². The molecule has 0 saturated carbocycles. The fourth-order valence-electron chi connectivity index (χ4n) is 1.33. The van der Waals surface area contributed by atoms with E-state index in [2.05, 4.69) is 22.3 Å². The first-order chi connectivity index (χ1) is 7.65. The van der Waals surface area contributed by atoms with Crippen molar-refractivity contribution in [3.8, 4) is 0 Å². The molecule has 2 amide bonds. The third-order valence-electron chi connectivity index (χ3n) is 2.37. The molecule has 92 valence electrons. The Kier molecular flexibility index (Phi) is 8.34. The van der Waals surface area contributed by atoms with Gasteiger partial charge in [-0.25, -0.2) is 4.99 Å². The van der Waals surface area contributed by atoms with Crippen LogP contribution in [0.15, 0.2) is 4.99 Å². The zero-order chi connectivity index (χ0) is 12.4. The Hall–Kier alpha value is -1.23. The van der Waals surface area contributed by atoms with E-state index in [1.807, 2.05) is 6.92 Å². The Morgan fingerprint density at radius 3 is 2.56 bits per heavy atom. The van der Waals surface area contributed by atoms with E-state index in [0.717, 1.165) is 19.3 Å². The lowest BCUT2D eigenvalue weighted by atomic mass is 10.1. The topological polar surface area (TPSA) is 70.6 Å². The van der Waals surface area contributed by atoms with E-state index in [9.17, 15) is 9.59 Å². The average molecular weight is 227 g/mol. The summed E-state index contributed by atoms with van der Waals surface area (Å²) in [7, 11) is 1.73. The second-order valence-corrected chi connectivity index (χ2v) is 3.54. The quantitative estimate of drug-likeness (QED) is 0.468. The number of hydrogen-bond acceptors (Lipinski definition) is 3. The highest BCUT2D eigenvalue weighted by Crippen LogP contribution is 2.01. The summed E-state index contributed by atoms with van der Waals surface area (Å²) in [4.78, 5) is 25.5. The average Bonchev–Trinajstić information content (AvgIpc) is 2.32. The minimum atomic E-state index is -0.251. The molecule has 0 fully saturated rings. The zero-order valence-electron chi connectivity index (χ0n) is 10.1. The maximum absolute atomic E-state index is 11.2. The number of rotatable bonds is 8. The summed E-state index contributed by atoms with van der Waals surface area (Å²) in [5, 5.41) is 5.68. The molecule has 16 heavy (non-hydrogen) atoms. The third kappa shape index (κ3) is 6.29. The van der Waals surface area contributed by atoms with Crippen molar-refractivity contribution in [3.05, 3.63) is 0 Å². The predicted molar refractivity (Wildman–Crippen MR) is 64.6 cm³/mol. The molecule has 0 aromatic rings. The van der Waals surface area contributed by atoms with E-state index in [1.165, 1.54) is 0 Å². The van der Waals surface area contributed by atoms with E-state index >= 15 is 0 Å². The van der Waals surface area contributed by atoms with Crippen molar-refractivity contribution >= 4 is 18.5 Å². The summed E-state index contributed by atoms with van der Waals surface area (Å²) in [6, 6.07) is -0.251. The van der Waals surface area contributed by atoms with Crippen LogP contribution in [0.2, 0.25) is 0 Å². The van der Waals surface area contributed by atoms with Crippen LogP contribution in [0.5, 0.6) is 0 Å². The smallest absolute Gasteiger partial charge is 0.262 e. The van der Waals surface area contributed by atoms with Gasteiger partial charge in [0.05, 0.1) is 6.04 Å². The van der Waals surface area contributed by atoms with Gasteiger partial charge >= 0.3 is 0 Å². The van der Waals surface area contributed by atoms with Crippen LogP contribution < -0.4 is 10.6 Å². The van der Waals surface area contributed by atoms with Crippen LogP contribution in [0.4, 0.5) is 0 Å². The Bertz CT molecular complexity index is 241. The Morgan fingerprint density at radius 2 is 2.06 bits per heavy atom. The molecule has 0 saturated heterocycles. The van der Waals surface area contributed by atoms with Gasteiger partial charge < -0.3 is 10.6 Å². The standard InChI is InChI=1S/C11H21N3O2/c1-4-10(15)14-8-6-5-7-9(12-2)11(16)13-3/h9,12H,3-8H2,1-2H3,(H,14,15). The summed E-state index contributed by atoms with van der Waals surface area (Å²) >= 11 is 0. The molecule has 0 spiro atoms. The van der Waals surface area contributed by atoms with Gasteiger partial charge in [-0.1, -0.05) is 6.92 Å². The summed E-state index contributed by atoms with van der Waals surface area (Å²) in [5.41, 5.74) is 0. The van der Waals surface area contributed by atoms with Gasteiger partial charge in [-0.05, 0) is 33.0 Å². The molecule has 0 heterocycles. The fraction of sp³-hybridized carbons (Fsp3) is 0.727.